The van der Waals surface area contributed by atoms with Crippen LogP contribution in [0.3, 0.4) is 0 Å². The van der Waals surface area contributed by atoms with Gasteiger partial charge in [0.05, 0.1) is 0 Å². The van der Waals surface area contributed by atoms with Gasteiger partial charge in [-0.3, -0.25) is 33.4 Å². The first-order valence-corrected chi connectivity index (χ1v) is 14.4. The summed E-state index contributed by atoms with van der Waals surface area (Å²) in [5.41, 5.74) is -1.73. The summed E-state index contributed by atoms with van der Waals surface area (Å²) in [6.45, 7) is 0. The van der Waals surface area contributed by atoms with Crippen molar-refractivity contribution in [2.24, 2.45) is 12.2 Å². The molecule has 2 aromatic rings. The Bertz CT molecular complexity index is 1570. The van der Waals surface area contributed by atoms with Crippen molar-refractivity contribution in [1.29, 1.82) is 0 Å². The third-order valence-electron chi connectivity index (χ3n) is 5.46. The molecule has 0 bridgehead atoms. The van der Waals surface area contributed by atoms with Crippen LogP contribution in [-0.2, 0) is 31.1 Å². The molecule has 0 spiro atoms. The average Bonchev–Trinajstić information content (AvgIpc) is 3.39. The molecular formula is C20H19ClN8O8S3. The molecule has 2 aliphatic heterocycles. The van der Waals surface area contributed by atoms with Gasteiger partial charge in [0.1, 0.15) is 35.8 Å². The fourth-order valence-electron chi connectivity index (χ4n) is 3.63. The van der Waals surface area contributed by atoms with Crippen LogP contribution in [0.25, 0.3) is 0 Å². The van der Waals surface area contributed by atoms with Gasteiger partial charge in [-0.05, 0) is 5.57 Å². The Kier molecular flexibility index (Phi) is 8.96. The van der Waals surface area contributed by atoms with E-state index in [2.05, 4.69) is 31.0 Å². The molecule has 0 unspecified atom stereocenters. The van der Waals surface area contributed by atoms with Crippen molar-refractivity contribution in [3.8, 4) is 0 Å². The molecule has 4 heterocycles. The molecule has 4 rings (SSSR count). The van der Waals surface area contributed by atoms with Gasteiger partial charge < -0.3 is 20.6 Å². The molecule has 1 fully saturated rings. The number of carbonyl (C=O) groups excluding carboxylic acids is 3. The van der Waals surface area contributed by atoms with E-state index in [9.17, 15) is 33.9 Å². The molecular weight excluding hydrogens is 612 g/mol. The lowest BCUT2D eigenvalue weighted by atomic mass is 10.0. The number of aliphatic carboxylic acids is 1. The number of thiazole rings is 1. The van der Waals surface area contributed by atoms with E-state index in [1.54, 1.807) is 0 Å². The summed E-state index contributed by atoms with van der Waals surface area (Å²) in [6, 6.07) is -1.06. The lowest BCUT2D eigenvalue weighted by molar-refractivity contribution is -0.150. The highest BCUT2D eigenvalue weighted by Crippen LogP contribution is 2.41. The van der Waals surface area contributed by atoms with E-state index in [0.717, 1.165) is 32.6 Å². The van der Waals surface area contributed by atoms with E-state index in [4.69, 9.17) is 16.4 Å². The molecule has 0 radical (unpaired) electrons. The number of amides is 3. The van der Waals surface area contributed by atoms with Gasteiger partial charge in [0, 0.05) is 23.9 Å². The highest BCUT2D eigenvalue weighted by atomic mass is 35.5. The molecule has 40 heavy (non-hydrogen) atoms. The number of fused-ring (bicyclic) bond motifs is 1. The number of thioether (sulfide) groups is 2. The van der Waals surface area contributed by atoms with E-state index in [1.807, 2.05) is 0 Å². The molecule has 0 saturated carbocycles. The fourth-order valence-corrected chi connectivity index (χ4v) is 6.82. The van der Waals surface area contributed by atoms with Crippen LogP contribution in [-0.4, -0.2) is 95.1 Å². The molecule has 4 N–H and O–H groups in total. The van der Waals surface area contributed by atoms with Gasteiger partial charge in [0.2, 0.25) is 5.91 Å². The Morgan fingerprint density at radius 3 is 2.77 bits per heavy atom. The number of hydrogen-bond acceptors (Lipinski definition) is 13. The number of anilines is 1. The largest absolute Gasteiger partial charge is 0.477 e. The normalized spacial score (nSPS) is 18.6. The van der Waals surface area contributed by atoms with Crippen LogP contribution < -0.4 is 21.8 Å². The second kappa shape index (κ2) is 12.2. The Morgan fingerprint density at radius 1 is 1.35 bits per heavy atom. The van der Waals surface area contributed by atoms with E-state index in [-0.39, 0.29) is 44.8 Å². The quantitative estimate of drug-likeness (QED) is 0.0619. The second-order valence-corrected chi connectivity index (χ2v) is 11.1. The summed E-state index contributed by atoms with van der Waals surface area (Å²) in [4.78, 5) is 82.9. The van der Waals surface area contributed by atoms with Gasteiger partial charge >= 0.3 is 17.1 Å². The molecule has 2 atom stereocenters. The van der Waals surface area contributed by atoms with Crippen molar-refractivity contribution in [3.63, 3.8) is 0 Å². The molecule has 3 amide bonds. The minimum atomic E-state index is -1.34. The molecule has 1 saturated heterocycles. The van der Waals surface area contributed by atoms with Gasteiger partial charge in [0.25, 0.3) is 11.8 Å². The summed E-state index contributed by atoms with van der Waals surface area (Å²) >= 11 is 8.75. The zero-order valence-electron chi connectivity index (χ0n) is 20.5. The van der Waals surface area contributed by atoms with Crippen LogP contribution in [0.1, 0.15) is 5.69 Å². The van der Waals surface area contributed by atoms with Crippen molar-refractivity contribution < 1.29 is 29.1 Å². The summed E-state index contributed by atoms with van der Waals surface area (Å²) in [5, 5.41) is 25.5. The highest BCUT2D eigenvalue weighted by molar-refractivity contribution is 8.01. The minimum Gasteiger partial charge on any atom is -0.477 e. The van der Waals surface area contributed by atoms with Gasteiger partial charge in [-0.25, -0.2) is 14.9 Å². The third-order valence-corrected chi connectivity index (χ3v) is 8.92. The lowest BCUT2D eigenvalue weighted by Gasteiger charge is -2.49. The number of aromatic nitrogens is 4. The number of aromatic amines is 1. The number of alkyl halides is 1. The maximum Gasteiger partial charge on any atom is 0.352 e. The number of oxime groups is 1. The van der Waals surface area contributed by atoms with Crippen LogP contribution in [0.2, 0.25) is 0 Å². The number of halogens is 1. The third kappa shape index (κ3) is 5.76. The van der Waals surface area contributed by atoms with Crippen molar-refractivity contribution in [2.75, 3.05) is 29.8 Å². The van der Waals surface area contributed by atoms with E-state index >= 15 is 0 Å². The molecule has 0 aromatic carbocycles. The number of rotatable bonds is 10. The van der Waals surface area contributed by atoms with Crippen molar-refractivity contribution in [3.05, 3.63) is 43.1 Å². The second-order valence-electron chi connectivity index (χ2n) is 7.95. The first kappa shape index (κ1) is 29.3. The van der Waals surface area contributed by atoms with Crippen LogP contribution in [0.4, 0.5) is 5.13 Å². The Labute approximate surface area is 241 Å². The zero-order chi connectivity index (χ0) is 29.1. The fraction of sp³-hybridized carbons (Fsp3) is 0.350. The molecule has 20 heteroatoms. The number of β-lactam (4-membered cyclic amide) rings is 1. The Balaban J connectivity index is 1.49. The summed E-state index contributed by atoms with van der Waals surface area (Å²) in [6.07, 6.45) is 0. The predicted octanol–water partition coefficient (Wildman–Crippen LogP) is -1.02. The van der Waals surface area contributed by atoms with Crippen molar-refractivity contribution in [2.45, 2.75) is 16.6 Å². The van der Waals surface area contributed by atoms with Gasteiger partial charge in [-0.15, -0.1) is 39.8 Å². The monoisotopic (exact) mass is 630 g/mol. The number of carbonyl (C=O) groups is 4. The van der Waals surface area contributed by atoms with Crippen molar-refractivity contribution in [1.82, 2.24) is 30.0 Å². The number of carboxylic acids is 1. The van der Waals surface area contributed by atoms with Crippen LogP contribution in [0.15, 0.2) is 36.6 Å². The van der Waals surface area contributed by atoms with E-state index in [1.165, 1.54) is 31.3 Å². The number of H-pyrrole nitrogens is 1. The maximum absolute atomic E-state index is 13.0. The topological polar surface area (TPSA) is 218 Å². The van der Waals surface area contributed by atoms with Gasteiger partial charge in [-0.2, -0.15) is 0 Å². The van der Waals surface area contributed by atoms with Crippen LogP contribution in [0, 0.1) is 0 Å². The van der Waals surface area contributed by atoms with Crippen molar-refractivity contribution >= 4 is 81.0 Å². The first-order chi connectivity index (χ1) is 19.1. The summed E-state index contributed by atoms with van der Waals surface area (Å²) in [5.74, 6) is -3.28. The summed E-state index contributed by atoms with van der Waals surface area (Å²) in [7, 11) is 2.58. The molecule has 0 aliphatic carbocycles. The molecule has 2 aliphatic rings. The summed E-state index contributed by atoms with van der Waals surface area (Å²) < 4.78 is 1.04. The van der Waals surface area contributed by atoms with Gasteiger partial charge in [-0.1, -0.05) is 16.9 Å². The number of hydrogen-bond donors (Lipinski definition) is 4. The van der Waals surface area contributed by atoms with E-state index < -0.39 is 46.2 Å². The smallest absolute Gasteiger partial charge is 0.352 e. The Hall–Kier alpha value is -3.68. The number of nitrogens with zero attached hydrogens (tertiary/aromatic N) is 5. The van der Waals surface area contributed by atoms with Crippen LogP contribution >= 0.6 is 46.5 Å². The zero-order valence-corrected chi connectivity index (χ0v) is 23.7. The standard InChI is InChI=1S/C20H19ClN8O8S3/c1-28-16(34)14(32)25-26-20(28)40-5-7-4-38-17-11(15(33)29(17)12(7)18(35)36)24-13(31)10(27-37-2)8-6-39-19(22-8)23-9(30)3-21/h6,11,17H,3-5H2,1-2H3,(H,24,31)(H,25,32)(H,35,36)(H,22,23,30)/b27-10-/t11-,17-/m1/s1. The number of nitrogens with one attached hydrogen (secondary N) is 3. The maximum atomic E-state index is 13.0. The van der Waals surface area contributed by atoms with Crippen LogP contribution in [0.5, 0.6) is 0 Å². The lowest BCUT2D eigenvalue weighted by Crippen LogP contribution is -2.71. The molecule has 16 nitrogen and oxygen atoms in total. The first-order valence-electron chi connectivity index (χ1n) is 11.0. The number of carboxylic acid groups (broad SMARTS) is 1. The Morgan fingerprint density at radius 2 is 2.10 bits per heavy atom. The van der Waals surface area contributed by atoms with E-state index in [0.29, 0.717) is 5.57 Å². The SMILES string of the molecule is CO/N=C(\C(=O)N[C@@H]1C(=O)N2C(C(=O)O)=C(CSc3n[nH]c(=O)c(=O)n3C)CS[C@H]12)c1csc(NC(=O)CCl)n1. The minimum absolute atomic E-state index is 0.0739. The molecule has 212 valence electrons. The van der Waals surface area contributed by atoms with Gasteiger partial charge in [0.15, 0.2) is 16.0 Å². The average molecular weight is 631 g/mol. The molecule has 2 aromatic heterocycles. The highest BCUT2D eigenvalue weighted by Gasteiger charge is 2.54. The predicted molar refractivity (Wildman–Crippen MR) is 146 cm³/mol.